The summed E-state index contributed by atoms with van der Waals surface area (Å²) in [4.78, 5) is 9.79. The molecule has 1 radical (unpaired) electrons. The molecule has 0 heterocycles. The Morgan fingerprint density at radius 3 is 2.67 bits per heavy atom. The van der Waals surface area contributed by atoms with Gasteiger partial charge in [-0.05, 0) is 12.8 Å². The average molecular weight is 132 g/mol. The molecule has 0 saturated carbocycles. The van der Waals surface area contributed by atoms with Crippen molar-refractivity contribution in [2.75, 3.05) is 0 Å². The van der Waals surface area contributed by atoms with Crippen molar-refractivity contribution < 1.29 is 15.0 Å². The number of amides is 1. The Kier molecular flexibility index (Phi) is 3.79. The molecule has 53 valence electrons. The van der Waals surface area contributed by atoms with E-state index < -0.39 is 12.3 Å². The molecule has 0 aromatic heterocycles. The van der Waals surface area contributed by atoms with Crippen molar-refractivity contribution in [2.45, 2.75) is 19.1 Å². The summed E-state index contributed by atoms with van der Waals surface area (Å²) in [7, 11) is 0. The Labute approximate surface area is 53.5 Å². The van der Waals surface area contributed by atoms with E-state index in [4.69, 9.17) is 10.2 Å². The number of hydrogen-bond acceptors (Lipinski definition) is 2. The van der Waals surface area contributed by atoms with Gasteiger partial charge in [0.05, 0.1) is 0 Å². The molecule has 0 aromatic carbocycles. The van der Waals surface area contributed by atoms with E-state index in [1.807, 2.05) is 5.32 Å². The van der Waals surface area contributed by atoms with E-state index in [9.17, 15) is 4.79 Å². The van der Waals surface area contributed by atoms with Crippen LogP contribution in [0.4, 0.5) is 4.79 Å². The maximum absolute atomic E-state index is 9.79. The van der Waals surface area contributed by atoms with Crippen LogP contribution in [0.1, 0.15) is 12.8 Å². The van der Waals surface area contributed by atoms with Gasteiger partial charge in [-0.25, -0.2) is 4.79 Å². The lowest BCUT2D eigenvalue weighted by molar-refractivity contribution is 0.115. The second kappa shape index (κ2) is 4.14. The maximum atomic E-state index is 9.79. The van der Waals surface area contributed by atoms with Gasteiger partial charge >= 0.3 is 6.09 Å². The summed E-state index contributed by atoms with van der Waals surface area (Å²) in [5, 5.41) is 18.6. The topological polar surface area (TPSA) is 69.6 Å². The standard InChI is InChI=1S/C5H10NO3/c1-2-3-4(7)6-5(8)9/h4,6-7H,1-3H2,(H,8,9). The number of carbonyl (C=O) groups is 1. The molecule has 0 aromatic rings. The van der Waals surface area contributed by atoms with Crippen LogP contribution < -0.4 is 5.32 Å². The number of aliphatic hydroxyl groups excluding tert-OH is 1. The minimum Gasteiger partial charge on any atom is -0.465 e. The van der Waals surface area contributed by atoms with Crippen molar-refractivity contribution in [1.29, 1.82) is 0 Å². The number of aliphatic hydroxyl groups is 1. The van der Waals surface area contributed by atoms with Gasteiger partial charge in [-0.1, -0.05) is 6.92 Å². The highest BCUT2D eigenvalue weighted by atomic mass is 16.4. The summed E-state index contributed by atoms with van der Waals surface area (Å²) >= 11 is 0. The van der Waals surface area contributed by atoms with Crippen molar-refractivity contribution in [2.24, 2.45) is 0 Å². The van der Waals surface area contributed by atoms with Gasteiger partial charge in [-0.15, -0.1) is 0 Å². The van der Waals surface area contributed by atoms with Gasteiger partial charge in [-0.3, -0.25) is 5.32 Å². The summed E-state index contributed by atoms with van der Waals surface area (Å²) in [5.41, 5.74) is 0. The third kappa shape index (κ3) is 5.10. The Balaban J connectivity index is 3.26. The Hall–Kier alpha value is -0.770. The zero-order valence-electron chi connectivity index (χ0n) is 5.00. The first kappa shape index (κ1) is 8.23. The third-order valence-corrected chi connectivity index (χ3v) is 0.768. The van der Waals surface area contributed by atoms with Crippen molar-refractivity contribution in [1.82, 2.24) is 5.32 Å². The average Bonchev–Trinajstić information content (AvgIpc) is 1.63. The van der Waals surface area contributed by atoms with Crippen LogP contribution in [0.3, 0.4) is 0 Å². The largest absolute Gasteiger partial charge is 0.465 e. The first-order chi connectivity index (χ1) is 4.16. The molecular weight excluding hydrogens is 122 g/mol. The van der Waals surface area contributed by atoms with Crippen LogP contribution in [0.5, 0.6) is 0 Å². The molecule has 0 aliphatic heterocycles. The second-order valence-electron chi connectivity index (χ2n) is 1.61. The first-order valence-corrected chi connectivity index (χ1v) is 2.63. The number of carboxylic acid groups (broad SMARTS) is 1. The van der Waals surface area contributed by atoms with E-state index in [1.165, 1.54) is 0 Å². The van der Waals surface area contributed by atoms with E-state index in [-0.39, 0.29) is 0 Å². The molecular formula is C5H10NO3. The van der Waals surface area contributed by atoms with E-state index in [0.29, 0.717) is 12.8 Å². The van der Waals surface area contributed by atoms with Gasteiger partial charge in [0.25, 0.3) is 0 Å². The van der Waals surface area contributed by atoms with E-state index in [0.717, 1.165) is 0 Å². The predicted molar refractivity (Wildman–Crippen MR) is 31.8 cm³/mol. The number of rotatable bonds is 3. The monoisotopic (exact) mass is 132 g/mol. The fourth-order valence-corrected chi connectivity index (χ4v) is 0.408. The van der Waals surface area contributed by atoms with Gasteiger partial charge < -0.3 is 10.2 Å². The molecule has 0 aliphatic rings. The van der Waals surface area contributed by atoms with Gasteiger partial charge in [-0.2, -0.15) is 0 Å². The van der Waals surface area contributed by atoms with Crippen molar-refractivity contribution in [3.8, 4) is 0 Å². The summed E-state index contributed by atoms with van der Waals surface area (Å²) < 4.78 is 0. The molecule has 0 aliphatic carbocycles. The quantitative estimate of drug-likeness (QED) is 0.480. The van der Waals surface area contributed by atoms with Crippen LogP contribution in [0.25, 0.3) is 0 Å². The Bertz CT molecular complexity index is 94.2. The SMILES string of the molecule is [CH2]CCC(O)NC(=O)O. The lowest BCUT2D eigenvalue weighted by Gasteiger charge is -2.06. The molecule has 1 atom stereocenters. The van der Waals surface area contributed by atoms with Gasteiger partial charge in [0, 0.05) is 0 Å². The fraction of sp³-hybridized carbons (Fsp3) is 0.600. The molecule has 9 heavy (non-hydrogen) atoms. The van der Waals surface area contributed by atoms with Crippen molar-refractivity contribution in [3.05, 3.63) is 6.92 Å². The molecule has 0 fully saturated rings. The molecule has 0 bridgehead atoms. The Morgan fingerprint density at radius 1 is 1.78 bits per heavy atom. The molecule has 0 saturated heterocycles. The van der Waals surface area contributed by atoms with Crippen LogP contribution in [0.15, 0.2) is 0 Å². The van der Waals surface area contributed by atoms with Gasteiger partial charge in [0.1, 0.15) is 6.23 Å². The van der Waals surface area contributed by atoms with Crippen molar-refractivity contribution in [3.63, 3.8) is 0 Å². The van der Waals surface area contributed by atoms with Crippen LogP contribution in [0, 0.1) is 6.92 Å². The maximum Gasteiger partial charge on any atom is 0.406 e. The number of hydrogen-bond donors (Lipinski definition) is 3. The van der Waals surface area contributed by atoms with E-state index in [1.54, 1.807) is 0 Å². The van der Waals surface area contributed by atoms with E-state index >= 15 is 0 Å². The zero-order valence-corrected chi connectivity index (χ0v) is 5.00. The van der Waals surface area contributed by atoms with Gasteiger partial charge in [0.15, 0.2) is 0 Å². The second-order valence-corrected chi connectivity index (χ2v) is 1.61. The van der Waals surface area contributed by atoms with Crippen LogP contribution in [-0.2, 0) is 0 Å². The summed E-state index contributed by atoms with van der Waals surface area (Å²) in [5.74, 6) is 0. The Morgan fingerprint density at radius 2 is 2.33 bits per heavy atom. The molecule has 1 amide bonds. The molecule has 4 heteroatoms. The van der Waals surface area contributed by atoms with Crippen LogP contribution in [-0.4, -0.2) is 22.5 Å². The lowest BCUT2D eigenvalue weighted by Crippen LogP contribution is -2.32. The minimum atomic E-state index is -1.21. The molecule has 4 nitrogen and oxygen atoms in total. The summed E-state index contributed by atoms with van der Waals surface area (Å²) in [6.45, 7) is 3.44. The molecule has 0 spiro atoms. The zero-order chi connectivity index (χ0) is 7.28. The summed E-state index contributed by atoms with van der Waals surface area (Å²) in [6.07, 6.45) is -1.32. The third-order valence-electron chi connectivity index (χ3n) is 0.768. The number of nitrogens with one attached hydrogen (secondary N) is 1. The van der Waals surface area contributed by atoms with Crippen LogP contribution >= 0.6 is 0 Å². The molecule has 1 unspecified atom stereocenters. The summed E-state index contributed by atoms with van der Waals surface area (Å²) in [6, 6.07) is 0. The first-order valence-electron chi connectivity index (χ1n) is 2.63. The van der Waals surface area contributed by atoms with Crippen molar-refractivity contribution >= 4 is 6.09 Å². The normalized spacial score (nSPS) is 12.7. The van der Waals surface area contributed by atoms with Gasteiger partial charge in [0.2, 0.25) is 0 Å². The minimum absolute atomic E-state index is 0.353. The predicted octanol–water partition coefficient (Wildman–Crippen LogP) is 0.187. The highest BCUT2D eigenvalue weighted by molar-refractivity contribution is 5.64. The van der Waals surface area contributed by atoms with E-state index in [2.05, 4.69) is 6.92 Å². The smallest absolute Gasteiger partial charge is 0.406 e. The fourth-order valence-electron chi connectivity index (χ4n) is 0.408. The highest BCUT2D eigenvalue weighted by Gasteiger charge is 2.03. The van der Waals surface area contributed by atoms with Crippen LogP contribution in [0.2, 0.25) is 0 Å². The molecule has 3 N–H and O–H groups in total. The molecule has 0 rings (SSSR count). The highest BCUT2D eigenvalue weighted by Crippen LogP contribution is 1.89. The lowest BCUT2D eigenvalue weighted by atomic mass is 10.3.